The molecule has 0 saturated heterocycles. The molecule has 0 amide bonds. The zero-order chi connectivity index (χ0) is 16.8. The van der Waals surface area contributed by atoms with Crippen molar-refractivity contribution in [2.75, 3.05) is 44.6 Å². The molecule has 0 atom stereocenters. The molecule has 2 N–H and O–H groups in total. The Hall–Kier alpha value is -2.54. The van der Waals surface area contributed by atoms with Crippen LogP contribution in [0.15, 0.2) is 30.5 Å². The van der Waals surface area contributed by atoms with Crippen molar-refractivity contribution in [1.29, 1.82) is 0 Å². The fourth-order valence-electron chi connectivity index (χ4n) is 2.38. The van der Waals surface area contributed by atoms with Gasteiger partial charge in [-0.2, -0.15) is 4.98 Å². The first kappa shape index (κ1) is 16.3. The maximum absolute atomic E-state index is 5.39. The molecule has 7 nitrogen and oxygen atoms in total. The Bertz CT molecular complexity index is 678. The van der Waals surface area contributed by atoms with E-state index in [1.807, 2.05) is 24.3 Å². The molecular formula is C17H23N5O2. The van der Waals surface area contributed by atoms with Gasteiger partial charge in [0.2, 0.25) is 12.7 Å². The van der Waals surface area contributed by atoms with Crippen molar-refractivity contribution in [3.63, 3.8) is 0 Å². The molecule has 128 valence electrons. The molecule has 0 radical (unpaired) electrons. The number of aromatic nitrogens is 2. The number of hydrogen-bond acceptors (Lipinski definition) is 7. The van der Waals surface area contributed by atoms with Crippen molar-refractivity contribution in [1.82, 2.24) is 14.9 Å². The van der Waals surface area contributed by atoms with Crippen molar-refractivity contribution in [2.24, 2.45) is 0 Å². The highest BCUT2D eigenvalue weighted by Crippen LogP contribution is 2.32. The van der Waals surface area contributed by atoms with Crippen LogP contribution in [-0.2, 0) is 6.54 Å². The molecule has 0 spiro atoms. The standard InChI is InChI=1S/C17H23N5O2/c1-22(2)9-3-7-18-17-19-8-6-16(21-17)20-11-13-4-5-14-15(10-13)24-12-23-14/h4-6,8,10H,3,7,9,11-12H2,1-2H3,(H2,18,19,20,21). The number of ether oxygens (including phenoxy) is 2. The van der Waals surface area contributed by atoms with E-state index in [-0.39, 0.29) is 0 Å². The number of hydrogen-bond donors (Lipinski definition) is 2. The minimum absolute atomic E-state index is 0.293. The Labute approximate surface area is 142 Å². The number of rotatable bonds is 8. The highest BCUT2D eigenvalue weighted by atomic mass is 16.7. The smallest absolute Gasteiger partial charge is 0.231 e. The van der Waals surface area contributed by atoms with Crippen LogP contribution in [0.3, 0.4) is 0 Å². The monoisotopic (exact) mass is 329 g/mol. The third-order valence-electron chi connectivity index (χ3n) is 3.63. The lowest BCUT2D eigenvalue weighted by molar-refractivity contribution is 0.174. The second-order valence-corrected chi connectivity index (χ2v) is 5.89. The van der Waals surface area contributed by atoms with Gasteiger partial charge in [-0.05, 0) is 50.8 Å². The average molecular weight is 329 g/mol. The van der Waals surface area contributed by atoms with Crippen molar-refractivity contribution >= 4 is 11.8 Å². The Morgan fingerprint density at radius 2 is 2.00 bits per heavy atom. The zero-order valence-electron chi connectivity index (χ0n) is 14.1. The summed E-state index contributed by atoms with van der Waals surface area (Å²) in [5.74, 6) is 3.02. The van der Waals surface area contributed by atoms with Gasteiger partial charge in [-0.15, -0.1) is 0 Å². The van der Waals surface area contributed by atoms with Gasteiger partial charge in [-0.3, -0.25) is 0 Å². The van der Waals surface area contributed by atoms with Crippen molar-refractivity contribution in [3.05, 3.63) is 36.0 Å². The summed E-state index contributed by atoms with van der Waals surface area (Å²) in [6.07, 6.45) is 2.80. The molecule has 0 aliphatic carbocycles. The predicted molar refractivity (Wildman–Crippen MR) is 93.6 cm³/mol. The van der Waals surface area contributed by atoms with Crippen molar-refractivity contribution in [2.45, 2.75) is 13.0 Å². The molecule has 7 heteroatoms. The minimum Gasteiger partial charge on any atom is -0.454 e. The molecule has 2 heterocycles. The van der Waals surface area contributed by atoms with Gasteiger partial charge in [-0.25, -0.2) is 4.98 Å². The first-order chi connectivity index (χ1) is 11.7. The van der Waals surface area contributed by atoms with Gasteiger partial charge in [0, 0.05) is 19.3 Å². The van der Waals surface area contributed by atoms with Gasteiger partial charge in [0.15, 0.2) is 11.5 Å². The number of nitrogens with one attached hydrogen (secondary N) is 2. The summed E-state index contributed by atoms with van der Waals surface area (Å²) >= 11 is 0. The first-order valence-electron chi connectivity index (χ1n) is 8.05. The Balaban J connectivity index is 1.51. The number of anilines is 2. The van der Waals surface area contributed by atoms with Gasteiger partial charge in [0.05, 0.1) is 0 Å². The summed E-state index contributed by atoms with van der Waals surface area (Å²) in [6.45, 7) is 2.84. The lowest BCUT2D eigenvalue weighted by Gasteiger charge is -2.11. The maximum atomic E-state index is 5.39. The average Bonchev–Trinajstić information content (AvgIpc) is 3.05. The van der Waals surface area contributed by atoms with Crippen LogP contribution in [0.25, 0.3) is 0 Å². The Kier molecular flexibility index (Phi) is 5.32. The van der Waals surface area contributed by atoms with Crippen LogP contribution in [0.1, 0.15) is 12.0 Å². The molecule has 2 aromatic rings. The van der Waals surface area contributed by atoms with E-state index >= 15 is 0 Å². The zero-order valence-corrected chi connectivity index (χ0v) is 14.1. The fourth-order valence-corrected chi connectivity index (χ4v) is 2.38. The largest absolute Gasteiger partial charge is 0.454 e. The van der Waals surface area contributed by atoms with Gasteiger partial charge < -0.3 is 25.0 Å². The van der Waals surface area contributed by atoms with Gasteiger partial charge in [0.25, 0.3) is 0 Å². The minimum atomic E-state index is 0.293. The second kappa shape index (κ2) is 7.83. The third-order valence-corrected chi connectivity index (χ3v) is 3.63. The molecule has 0 bridgehead atoms. The highest BCUT2D eigenvalue weighted by molar-refractivity contribution is 5.46. The van der Waals surface area contributed by atoms with Gasteiger partial charge in [-0.1, -0.05) is 6.07 Å². The normalized spacial score (nSPS) is 12.5. The van der Waals surface area contributed by atoms with Crippen LogP contribution in [-0.4, -0.2) is 48.8 Å². The molecule has 24 heavy (non-hydrogen) atoms. The quantitative estimate of drug-likeness (QED) is 0.719. The third kappa shape index (κ3) is 4.48. The number of fused-ring (bicyclic) bond motifs is 1. The summed E-state index contributed by atoms with van der Waals surface area (Å²) in [4.78, 5) is 10.9. The van der Waals surface area contributed by atoms with E-state index in [1.165, 1.54) is 0 Å². The highest BCUT2D eigenvalue weighted by Gasteiger charge is 2.13. The predicted octanol–water partition coefficient (Wildman–Crippen LogP) is 2.18. The summed E-state index contributed by atoms with van der Waals surface area (Å²) < 4.78 is 10.7. The van der Waals surface area contributed by atoms with E-state index in [4.69, 9.17) is 9.47 Å². The number of benzene rings is 1. The van der Waals surface area contributed by atoms with Crippen molar-refractivity contribution in [3.8, 4) is 11.5 Å². The lowest BCUT2D eigenvalue weighted by atomic mass is 10.2. The summed E-state index contributed by atoms with van der Waals surface area (Å²) in [5, 5.41) is 6.55. The number of nitrogens with zero attached hydrogens (tertiary/aromatic N) is 3. The van der Waals surface area contributed by atoms with Crippen LogP contribution < -0.4 is 20.1 Å². The van der Waals surface area contributed by atoms with E-state index in [0.29, 0.717) is 19.3 Å². The van der Waals surface area contributed by atoms with Gasteiger partial charge in [0.1, 0.15) is 5.82 Å². The van der Waals surface area contributed by atoms with E-state index < -0.39 is 0 Å². The summed E-state index contributed by atoms with van der Waals surface area (Å²) in [7, 11) is 4.13. The topological polar surface area (TPSA) is 71.5 Å². The summed E-state index contributed by atoms with van der Waals surface area (Å²) in [6, 6.07) is 7.79. The second-order valence-electron chi connectivity index (χ2n) is 5.89. The van der Waals surface area contributed by atoms with E-state index in [9.17, 15) is 0 Å². The van der Waals surface area contributed by atoms with E-state index in [0.717, 1.165) is 42.4 Å². The van der Waals surface area contributed by atoms with Crippen LogP contribution >= 0.6 is 0 Å². The fraction of sp³-hybridized carbons (Fsp3) is 0.412. The molecule has 0 unspecified atom stereocenters. The SMILES string of the molecule is CN(C)CCCNc1nccc(NCc2ccc3c(c2)OCO3)n1. The van der Waals surface area contributed by atoms with Crippen LogP contribution in [0.5, 0.6) is 11.5 Å². The molecule has 1 aliphatic rings. The van der Waals surface area contributed by atoms with E-state index in [2.05, 4.69) is 39.6 Å². The van der Waals surface area contributed by atoms with Crippen LogP contribution in [0.4, 0.5) is 11.8 Å². The summed E-state index contributed by atoms with van der Waals surface area (Å²) in [5.41, 5.74) is 1.11. The lowest BCUT2D eigenvalue weighted by Crippen LogP contribution is -2.17. The Morgan fingerprint density at radius 3 is 2.88 bits per heavy atom. The molecule has 3 rings (SSSR count). The Morgan fingerprint density at radius 1 is 1.12 bits per heavy atom. The van der Waals surface area contributed by atoms with Crippen LogP contribution in [0.2, 0.25) is 0 Å². The van der Waals surface area contributed by atoms with Gasteiger partial charge >= 0.3 is 0 Å². The molecule has 0 saturated carbocycles. The van der Waals surface area contributed by atoms with Crippen molar-refractivity contribution < 1.29 is 9.47 Å². The molecule has 0 fully saturated rings. The molecule has 1 aromatic carbocycles. The molecule has 1 aromatic heterocycles. The van der Waals surface area contributed by atoms with E-state index in [1.54, 1.807) is 6.20 Å². The molecule has 1 aliphatic heterocycles. The first-order valence-corrected chi connectivity index (χ1v) is 8.05. The van der Waals surface area contributed by atoms with Crippen LogP contribution in [0, 0.1) is 0 Å². The maximum Gasteiger partial charge on any atom is 0.231 e. The molecular weight excluding hydrogens is 306 g/mol.